The monoisotopic (exact) mass is 403 g/mol. The van der Waals surface area contributed by atoms with E-state index < -0.39 is 0 Å². The van der Waals surface area contributed by atoms with Crippen LogP contribution in [0.3, 0.4) is 0 Å². The minimum absolute atomic E-state index is 0.0144. The maximum absolute atomic E-state index is 12.5. The number of aromatic nitrogens is 1. The minimum atomic E-state index is 0.0144. The van der Waals surface area contributed by atoms with Crippen molar-refractivity contribution in [2.75, 3.05) is 19.6 Å². The number of hydrogen-bond donors (Lipinski definition) is 1. The smallest absolute Gasteiger partial charge is 0.223 e. The van der Waals surface area contributed by atoms with E-state index in [0.717, 1.165) is 24.8 Å². The quantitative estimate of drug-likeness (QED) is 0.764. The Balaban J connectivity index is 1.47. The molecule has 150 valence electrons. The Bertz CT molecular complexity index is 813. The number of halogens is 1. The molecular formula is C21H26ClN3O3. The van der Waals surface area contributed by atoms with Crippen LogP contribution < -0.4 is 5.32 Å². The SMILES string of the molecule is CCCNC(=O)C1CCN(C(=O)CCc2ncc(-c3ccccc3Cl)o2)CC1. The Labute approximate surface area is 170 Å². The molecule has 2 aromatic rings. The molecule has 1 fully saturated rings. The number of carbonyl (C=O) groups is 2. The van der Waals surface area contributed by atoms with Crippen LogP contribution in [0.25, 0.3) is 11.3 Å². The molecule has 1 aliphatic rings. The molecule has 2 heterocycles. The van der Waals surface area contributed by atoms with Gasteiger partial charge in [-0.05, 0) is 31.4 Å². The van der Waals surface area contributed by atoms with E-state index in [1.807, 2.05) is 30.0 Å². The van der Waals surface area contributed by atoms with Gasteiger partial charge in [-0.25, -0.2) is 4.98 Å². The van der Waals surface area contributed by atoms with Gasteiger partial charge in [0.05, 0.1) is 11.2 Å². The lowest BCUT2D eigenvalue weighted by Crippen LogP contribution is -2.43. The van der Waals surface area contributed by atoms with Crippen molar-refractivity contribution in [3.8, 4) is 11.3 Å². The number of oxazole rings is 1. The lowest BCUT2D eigenvalue weighted by molar-refractivity contribution is -0.135. The first-order valence-electron chi connectivity index (χ1n) is 9.83. The van der Waals surface area contributed by atoms with Gasteiger partial charge in [-0.15, -0.1) is 0 Å². The van der Waals surface area contributed by atoms with Crippen LogP contribution >= 0.6 is 11.6 Å². The summed E-state index contributed by atoms with van der Waals surface area (Å²) in [6.45, 7) is 4.00. The highest BCUT2D eigenvalue weighted by molar-refractivity contribution is 6.33. The number of piperidine rings is 1. The van der Waals surface area contributed by atoms with Gasteiger partial charge in [0.1, 0.15) is 0 Å². The third-order valence-electron chi connectivity index (χ3n) is 5.01. The number of amides is 2. The summed E-state index contributed by atoms with van der Waals surface area (Å²) in [6.07, 6.45) is 4.80. The van der Waals surface area contributed by atoms with Crippen molar-refractivity contribution in [2.24, 2.45) is 5.92 Å². The zero-order chi connectivity index (χ0) is 19.9. The third kappa shape index (κ3) is 5.13. The zero-order valence-electron chi connectivity index (χ0n) is 16.1. The highest BCUT2D eigenvalue weighted by Crippen LogP contribution is 2.28. The molecule has 1 aromatic heterocycles. The summed E-state index contributed by atoms with van der Waals surface area (Å²) in [5, 5.41) is 3.54. The number of rotatable bonds is 7. The lowest BCUT2D eigenvalue weighted by atomic mass is 9.95. The summed E-state index contributed by atoms with van der Waals surface area (Å²) in [7, 11) is 0. The van der Waals surface area contributed by atoms with Crippen LogP contribution in [0, 0.1) is 5.92 Å². The highest BCUT2D eigenvalue weighted by Gasteiger charge is 2.27. The van der Waals surface area contributed by atoms with Crippen LogP contribution in [0.4, 0.5) is 0 Å². The first-order chi connectivity index (χ1) is 13.6. The summed E-state index contributed by atoms with van der Waals surface area (Å²) >= 11 is 6.18. The second kappa shape index (κ2) is 9.73. The number of carbonyl (C=O) groups excluding carboxylic acids is 2. The number of nitrogens with zero attached hydrogens (tertiary/aromatic N) is 2. The van der Waals surface area contributed by atoms with E-state index >= 15 is 0 Å². The normalized spacial score (nSPS) is 14.9. The van der Waals surface area contributed by atoms with Crippen LogP contribution in [0.2, 0.25) is 5.02 Å². The Morgan fingerprint density at radius 2 is 2.04 bits per heavy atom. The molecule has 3 rings (SSSR count). The second-order valence-corrected chi connectivity index (χ2v) is 7.45. The first-order valence-corrected chi connectivity index (χ1v) is 10.2. The molecule has 0 unspecified atom stereocenters. The van der Waals surface area contributed by atoms with Gasteiger partial charge in [0.2, 0.25) is 11.8 Å². The summed E-state index contributed by atoms with van der Waals surface area (Å²) in [5.74, 6) is 1.33. The Hall–Kier alpha value is -2.34. The van der Waals surface area contributed by atoms with Crippen molar-refractivity contribution in [3.05, 3.63) is 41.4 Å². The molecule has 1 aromatic carbocycles. The van der Waals surface area contributed by atoms with E-state index in [1.54, 1.807) is 12.3 Å². The Morgan fingerprint density at radius 1 is 1.29 bits per heavy atom. The zero-order valence-corrected chi connectivity index (χ0v) is 16.9. The molecule has 28 heavy (non-hydrogen) atoms. The van der Waals surface area contributed by atoms with Crippen molar-refractivity contribution in [2.45, 2.75) is 39.0 Å². The maximum Gasteiger partial charge on any atom is 0.223 e. The molecule has 6 nitrogen and oxygen atoms in total. The predicted octanol–water partition coefficient (Wildman–Crippen LogP) is 3.69. The molecule has 0 spiro atoms. The molecule has 1 aliphatic heterocycles. The molecular weight excluding hydrogens is 378 g/mol. The molecule has 0 bridgehead atoms. The van der Waals surface area contributed by atoms with Crippen LogP contribution in [0.1, 0.15) is 38.5 Å². The van der Waals surface area contributed by atoms with Crippen molar-refractivity contribution in [3.63, 3.8) is 0 Å². The highest BCUT2D eigenvalue weighted by atomic mass is 35.5. The number of benzene rings is 1. The molecule has 7 heteroatoms. The van der Waals surface area contributed by atoms with Gasteiger partial charge in [0.25, 0.3) is 0 Å². The van der Waals surface area contributed by atoms with Crippen LogP contribution in [-0.4, -0.2) is 41.3 Å². The average Bonchev–Trinajstić information content (AvgIpc) is 3.19. The minimum Gasteiger partial charge on any atom is -0.441 e. The maximum atomic E-state index is 12.5. The van der Waals surface area contributed by atoms with Crippen LogP contribution in [0.15, 0.2) is 34.9 Å². The van der Waals surface area contributed by atoms with Gasteiger partial charge in [-0.2, -0.15) is 0 Å². The van der Waals surface area contributed by atoms with E-state index in [1.165, 1.54) is 0 Å². The summed E-state index contributed by atoms with van der Waals surface area (Å²) < 4.78 is 5.76. The summed E-state index contributed by atoms with van der Waals surface area (Å²) in [5.41, 5.74) is 0.790. The van der Waals surface area contributed by atoms with Crippen LogP contribution in [-0.2, 0) is 16.0 Å². The van der Waals surface area contributed by atoms with E-state index in [-0.39, 0.29) is 17.7 Å². The van der Waals surface area contributed by atoms with E-state index in [4.69, 9.17) is 16.0 Å². The van der Waals surface area contributed by atoms with Gasteiger partial charge in [-0.3, -0.25) is 9.59 Å². The molecule has 1 saturated heterocycles. The molecule has 0 aliphatic carbocycles. The fraction of sp³-hybridized carbons (Fsp3) is 0.476. The molecule has 1 N–H and O–H groups in total. The van der Waals surface area contributed by atoms with Crippen molar-refractivity contribution >= 4 is 23.4 Å². The predicted molar refractivity (Wildman–Crippen MR) is 108 cm³/mol. The van der Waals surface area contributed by atoms with Crippen molar-refractivity contribution in [1.29, 1.82) is 0 Å². The molecule has 0 radical (unpaired) electrons. The van der Waals surface area contributed by atoms with Crippen molar-refractivity contribution < 1.29 is 14.0 Å². The van der Waals surface area contributed by atoms with E-state index in [0.29, 0.717) is 49.1 Å². The van der Waals surface area contributed by atoms with Gasteiger partial charge in [-0.1, -0.05) is 30.7 Å². The Morgan fingerprint density at radius 3 is 2.75 bits per heavy atom. The molecule has 0 atom stereocenters. The van der Waals surface area contributed by atoms with Gasteiger partial charge >= 0.3 is 0 Å². The summed E-state index contributed by atoms with van der Waals surface area (Å²) in [6, 6.07) is 7.42. The fourth-order valence-electron chi connectivity index (χ4n) is 3.37. The lowest BCUT2D eigenvalue weighted by Gasteiger charge is -2.31. The molecule has 2 amide bonds. The van der Waals surface area contributed by atoms with Gasteiger partial charge < -0.3 is 14.6 Å². The third-order valence-corrected chi connectivity index (χ3v) is 5.34. The van der Waals surface area contributed by atoms with Gasteiger partial charge in [0, 0.05) is 44.0 Å². The topological polar surface area (TPSA) is 75.4 Å². The first kappa shape index (κ1) is 20.4. The number of likely N-dealkylation sites (tertiary alicyclic amines) is 1. The van der Waals surface area contributed by atoms with E-state index in [9.17, 15) is 9.59 Å². The Kier molecular flexibility index (Phi) is 7.09. The van der Waals surface area contributed by atoms with Crippen molar-refractivity contribution in [1.82, 2.24) is 15.2 Å². The second-order valence-electron chi connectivity index (χ2n) is 7.04. The van der Waals surface area contributed by atoms with E-state index in [2.05, 4.69) is 10.3 Å². The number of nitrogens with one attached hydrogen (secondary N) is 1. The van der Waals surface area contributed by atoms with Gasteiger partial charge in [0.15, 0.2) is 11.7 Å². The molecule has 0 saturated carbocycles. The largest absolute Gasteiger partial charge is 0.441 e. The number of aryl methyl sites for hydroxylation is 1. The fourth-order valence-corrected chi connectivity index (χ4v) is 3.60. The number of hydrogen-bond acceptors (Lipinski definition) is 4. The summed E-state index contributed by atoms with van der Waals surface area (Å²) in [4.78, 5) is 30.6. The standard InChI is InChI=1S/C21H26ClN3O3/c1-2-11-23-21(27)15-9-12-25(13-10-15)20(26)8-7-19-24-14-18(28-19)16-5-3-4-6-17(16)22/h3-6,14-15H,2,7-13H2,1H3,(H,23,27). The average molecular weight is 404 g/mol. The van der Waals surface area contributed by atoms with Crippen LogP contribution in [0.5, 0.6) is 0 Å².